The van der Waals surface area contributed by atoms with Gasteiger partial charge in [-0.05, 0) is 18.4 Å². The lowest BCUT2D eigenvalue weighted by Gasteiger charge is -2.42. The fraction of sp³-hybridized carbons (Fsp3) is 0.562. The van der Waals surface area contributed by atoms with Gasteiger partial charge in [0.2, 0.25) is 5.91 Å². The number of rotatable bonds is 4. The highest BCUT2D eigenvalue weighted by Crippen LogP contribution is 2.48. The molecule has 1 saturated heterocycles. The van der Waals surface area contributed by atoms with E-state index >= 15 is 0 Å². The summed E-state index contributed by atoms with van der Waals surface area (Å²) < 4.78 is 5.63. The van der Waals surface area contributed by atoms with E-state index in [0.29, 0.717) is 13.2 Å². The molecule has 1 heterocycles. The van der Waals surface area contributed by atoms with Gasteiger partial charge in [0, 0.05) is 6.54 Å². The number of hydrogen-bond acceptors (Lipinski definition) is 4. The third kappa shape index (κ3) is 2.57. The summed E-state index contributed by atoms with van der Waals surface area (Å²) in [7, 11) is 0. The first-order valence-corrected chi connectivity index (χ1v) is 7.41. The third-order valence-corrected chi connectivity index (χ3v) is 4.54. The zero-order valence-corrected chi connectivity index (χ0v) is 11.9. The Bertz CT molecular complexity index is 500. The Morgan fingerprint density at radius 2 is 2.00 bits per heavy atom. The Morgan fingerprint density at radius 1 is 1.29 bits per heavy atom. The van der Waals surface area contributed by atoms with Crippen LogP contribution in [-0.2, 0) is 9.53 Å². The molecule has 3 rings (SSSR count). The van der Waals surface area contributed by atoms with E-state index in [1.165, 1.54) is 0 Å². The first-order valence-electron chi connectivity index (χ1n) is 7.41. The summed E-state index contributed by atoms with van der Waals surface area (Å²) in [4.78, 5) is 14.6. The molecule has 1 aliphatic heterocycles. The first-order chi connectivity index (χ1) is 10.2. The lowest BCUT2D eigenvalue weighted by molar-refractivity contribution is -0.157. The minimum Gasteiger partial charge on any atom is -0.395 e. The Balaban J connectivity index is 1.91. The Labute approximate surface area is 124 Å². The van der Waals surface area contributed by atoms with Gasteiger partial charge in [0.05, 0.1) is 31.3 Å². The highest BCUT2D eigenvalue weighted by Gasteiger charge is 2.53. The minimum atomic E-state index is -0.593. The summed E-state index contributed by atoms with van der Waals surface area (Å²) in [5.74, 6) is -0.0133. The number of carbonyl (C=O) groups excluding carboxylic acids is 1. The number of aliphatic hydroxyl groups is 2. The molecule has 1 saturated carbocycles. The molecule has 2 fully saturated rings. The van der Waals surface area contributed by atoms with Crippen LogP contribution in [0.2, 0.25) is 0 Å². The molecule has 5 nitrogen and oxygen atoms in total. The predicted molar refractivity (Wildman–Crippen MR) is 76.5 cm³/mol. The molecule has 2 N–H and O–H groups in total. The predicted octanol–water partition coefficient (Wildman–Crippen LogP) is 0.720. The fourth-order valence-electron chi connectivity index (χ4n) is 3.05. The van der Waals surface area contributed by atoms with E-state index in [-0.39, 0.29) is 25.2 Å². The minimum absolute atomic E-state index is 0.0133. The summed E-state index contributed by atoms with van der Waals surface area (Å²) in [6.45, 7) is 0.683. The number of nitrogens with zero attached hydrogens (tertiary/aromatic N) is 1. The molecule has 1 aromatic rings. The topological polar surface area (TPSA) is 70.0 Å². The number of carbonyl (C=O) groups is 1. The van der Waals surface area contributed by atoms with E-state index in [1.54, 1.807) is 4.90 Å². The molecule has 1 aliphatic carbocycles. The Hall–Kier alpha value is -1.43. The van der Waals surface area contributed by atoms with Crippen molar-refractivity contribution in [1.29, 1.82) is 0 Å². The summed E-state index contributed by atoms with van der Waals surface area (Å²) in [5.41, 5.74) is 0.364. The van der Waals surface area contributed by atoms with Gasteiger partial charge in [-0.3, -0.25) is 4.79 Å². The quantitative estimate of drug-likeness (QED) is 0.857. The zero-order chi connectivity index (χ0) is 14.9. The molecule has 1 amide bonds. The molecule has 2 aliphatic rings. The van der Waals surface area contributed by atoms with E-state index in [1.807, 2.05) is 30.3 Å². The summed E-state index contributed by atoms with van der Waals surface area (Å²) in [6.07, 6.45) is 1.07. The largest absolute Gasteiger partial charge is 0.395 e. The van der Waals surface area contributed by atoms with Gasteiger partial charge >= 0.3 is 0 Å². The average molecular weight is 291 g/mol. The maximum Gasteiger partial charge on any atom is 0.231 e. The molecule has 0 bridgehead atoms. The van der Waals surface area contributed by atoms with Crippen LogP contribution in [0.1, 0.15) is 24.4 Å². The molecule has 114 valence electrons. The normalized spacial score (nSPS) is 27.4. The third-order valence-electron chi connectivity index (χ3n) is 4.54. The van der Waals surface area contributed by atoms with Crippen LogP contribution in [0.4, 0.5) is 0 Å². The first kappa shape index (κ1) is 14.5. The van der Waals surface area contributed by atoms with Gasteiger partial charge in [-0.25, -0.2) is 0 Å². The van der Waals surface area contributed by atoms with Crippen molar-refractivity contribution < 1.29 is 19.7 Å². The van der Waals surface area contributed by atoms with Crippen molar-refractivity contribution in [2.75, 3.05) is 26.4 Å². The van der Waals surface area contributed by atoms with E-state index in [4.69, 9.17) is 4.74 Å². The standard InChI is InChI=1S/C16H21NO4/c18-10-13-14(12-4-2-1-3-5-12)17(8-9-21-13)15(20)16(11-19)6-7-16/h1-5,13-14,18-19H,6-11H2/t13-,14-/m1/s1. The van der Waals surface area contributed by atoms with Crippen LogP contribution >= 0.6 is 0 Å². The fourth-order valence-corrected chi connectivity index (χ4v) is 3.05. The molecular weight excluding hydrogens is 270 g/mol. The van der Waals surface area contributed by atoms with Gasteiger partial charge < -0.3 is 19.8 Å². The Kier molecular flexibility index (Phi) is 3.97. The van der Waals surface area contributed by atoms with Gasteiger partial charge in [0.15, 0.2) is 0 Å². The lowest BCUT2D eigenvalue weighted by atomic mass is 9.95. The summed E-state index contributed by atoms with van der Waals surface area (Å²) in [5, 5.41) is 19.1. The van der Waals surface area contributed by atoms with Crippen molar-refractivity contribution in [2.45, 2.75) is 25.0 Å². The van der Waals surface area contributed by atoms with E-state index in [2.05, 4.69) is 0 Å². The average Bonchev–Trinajstić information content (AvgIpc) is 3.35. The SMILES string of the molecule is O=C(N1CCO[C@H](CO)[C@H]1c1ccccc1)C1(CO)CC1. The van der Waals surface area contributed by atoms with Gasteiger partial charge in [-0.2, -0.15) is 0 Å². The van der Waals surface area contributed by atoms with Crippen LogP contribution in [0.25, 0.3) is 0 Å². The number of hydrogen-bond donors (Lipinski definition) is 2. The van der Waals surface area contributed by atoms with E-state index in [9.17, 15) is 15.0 Å². The Morgan fingerprint density at radius 3 is 2.57 bits per heavy atom. The van der Waals surface area contributed by atoms with Crippen LogP contribution in [0.5, 0.6) is 0 Å². The lowest BCUT2D eigenvalue weighted by Crippen LogP contribution is -2.52. The highest BCUT2D eigenvalue weighted by molar-refractivity contribution is 5.86. The van der Waals surface area contributed by atoms with Gasteiger partial charge in [0.1, 0.15) is 6.10 Å². The molecule has 0 unspecified atom stereocenters. The van der Waals surface area contributed by atoms with Crippen molar-refractivity contribution in [1.82, 2.24) is 4.90 Å². The number of aliphatic hydroxyl groups excluding tert-OH is 2. The smallest absolute Gasteiger partial charge is 0.231 e. The number of benzene rings is 1. The van der Waals surface area contributed by atoms with Gasteiger partial charge in [-0.15, -0.1) is 0 Å². The highest BCUT2D eigenvalue weighted by atomic mass is 16.5. The molecule has 2 atom stereocenters. The van der Waals surface area contributed by atoms with Crippen molar-refractivity contribution >= 4 is 5.91 Å². The monoisotopic (exact) mass is 291 g/mol. The number of amides is 1. The van der Waals surface area contributed by atoms with E-state index < -0.39 is 11.5 Å². The molecule has 1 aromatic carbocycles. The second-order valence-electron chi connectivity index (χ2n) is 5.88. The maximum absolute atomic E-state index is 12.8. The molecule has 0 radical (unpaired) electrons. The molecular formula is C16H21NO4. The second kappa shape index (κ2) is 5.75. The molecule has 0 aromatic heterocycles. The molecule has 21 heavy (non-hydrogen) atoms. The van der Waals surface area contributed by atoms with Crippen molar-refractivity contribution in [2.24, 2.45) is 5.41 Å². The van der Waals surface area contributed by atoms with Crippen LogP contribution in [0.3, 0.4) is 0 Å². The van der Waals surface area contributed by atoms with Gasteiger partial charge in [0.25, 0.3) is 0 Å². The molecule has 0 spiro atoms. The molecule has 5 heteroatoms. The van der Waals surface area contributed by atoms with Crippen molar-refractivity contribution in [3.8, 4) is 0 Å². The van der Waals surface area contributed by atoms with Crippen LogP contribution in [0, 0.1) is 5.41 Å². The van der Waals surface area contributed by atoms with Crippen LogP contribution < -0.4 is 0 Å². The number of morpholine rings is 1. The number of ether oxygens (including phenoxy) is 1. The van der Waals surface area contributed by atoms with Crippen LogP contribution in [0.15, 0.2) is 30.3 Å². The van der Waals surface area contributed by atoms with Crippen LogP contribution in [-0.4, -0.2) is 53.5 Å². The zero-order valence-electron chi connectivity index (χ0n) is 11.9. The van der Waals surface area contributed by atoms with Gasteiger partial charge in [-0.1, -0.05) is 30.3 Å². The maximum atomic E-state index is 12.8. The second-order valence-corrected chi connectivity index (χ2v) is 5.88. The van der Waals surface area contributed by atoms with Crippen molar-refractivity contribution in [3.63, 3.8) is 0 Å². The summed E-state index contributed by atoms with van der Waals surface area (Å²) in [6, 6.07) is 9.35. The van der Waals surface area contributed by atoms with E-state index in [0.717, 1.165) is 18.4 Å². The summed E-state index contributed by atoms with van der Waals surface area (Å²) >= 11 is 0. The van der Waals surface area contributed by atoms with Crippen molar-refractivity contribution in [3.05, 3.63) is 35.9 Å².